The molecule has 532 valence electrons. The normalized spacial score (nSPS) is 12.8. The molecule has 0 heterocycles. The Morgan fingerprint density at radius 3 is 0.707 bits per heavy atom. The molecule has 1 atom stereocenters. The molecule has 0 aliphatic rings. The number of aliphatic hydroxyl groups is 1. The van der Waals surface area contributed by atoms with Gasteiger partial charge < -0.3 is 14.6 Å². The smallest absolute Gasteiger partial charge is 0.306 e. The van der Waals surface area contributed by atoms with Crippen molar-refractivity contribution < 1.29 is 24.2 Å². The SMILES string of the molecule is CC/C=C\C/C=C\C/C=C\C/C=C\C/C=C\C/C=C\C/C=C\CCCCCCCCCCCCCCCCCCCC(=O)OC(CO)COC(=O)CCCCCCCCCCCCCCCCCCCCCCCCCCCCC/C=C\C/C=C\CCCCCCC. The lowest BCUT2D eigenvalue weighted by Gasteiger charge is -2.15. The van der Waals surface area contributed by atoms with E-state index in [1.807, 2.05) is 0 Å². The Morgan fingerprint density at radius 2 is 0.467 bits per heavy atom. The van der Waals surface area contributed by atoms with E-state index in [1.54, 1.807) is 0 Å². The summed E-state index contributed by atoms with van der Waals surface area (Å²) in [5.41, 5.74) is 0. The Kier molecular flexibility index (Phi) is 78.7. The first-order chi connectivity index (χ1) is 45.6. The summed E-state index contributed by atoms with van der Waals surface area (Å²) < 4.78 is 10.8. The second kappa shape index (κ2) is 81.8. The van der Waals surface area contributed by atoms with Gasteiger partial charge >= 0.3 is 11.9 Å². The van der Waals surface area contributed by atoms with E-state index in [4.69, 9.17) is 9.47 Å². The van der Waals surface area contributed by atoms with Gasteiger partial charge in [0.1, 0.15) is 6.61 Å². The number of carbonyl (C=O) groups is 2. The van der Waals surface area contributed by atoms with Gasteiger partial charge in [-0.3, -0.25) is 9.59 Å². The highest BCUT2D eigenvalue weighted by atomic mass is 16.6. The second-order valence-corrected chi connectivity index (χ2v) is 27.1. The van der Waals surface area contributed by atoms with Crippen LogP contribution in [0.2, 0.25) is 0 Å². The molecule has 0 amide bonds. The summed E-state index contributed by atoms with van der Waals surface area (Å²) in [5, 5.41) is 9.73. The molecule has 0 bridgehead atoms. The topological polar surface area (TPSA) is 72.8 Å². The zero-order chi connectivity index (χ0) is 66.1. The maximum Gasteiger partial charge on any atom is 0.306 e. The number of hydrogen-bond acceptors (Lipinski definition) is 5. The van der Waals surface area contributed by atoms with E-state index in [-0.39, 0.29) is 25.2 Å². The van der Waals surface area contributed by atoms with E-state index in [0.717, 1.165) is 89.9 Å². The van der Waals surface area contributed by atoms with Crippen molar-refractivity contribution in [1.29, 1.82) is 0 Å². The number of unbranched alkanes of at least 4 members (excludes halogenated alkanes) is 49. The van der Waals surface area contributed by atoms with Crippen molar-refractivity contribution in [3.8, 4) is 0 Å². The van der Waals surface area contributed by atoms with E-state index in [2.05, 4.69) is 123 Å². The van der Waals surface area contributed by atoms with E-state index in [0.29, 0.717) is 12.8 Å². The number of allylic oxidation sites excluding steroid dienone is 18. The fraction of sp³-hybridized carbons (Fsp3) is 0.770. The van der Waals surface area contributed by atoms with Gasteiger partial charge in [-0.05, 0) is 103 Å². The lowest BCUT2D eigenvalue weighted by molar-refractivity contribution is -0.161. The maximum absolute atomic E-state index is 12.4. The summed E-state index contributed by atoms with van der Waals surface area (Å²) >= 11 is 0. The number of rotatable bonds is 75. The first-order valence-corrected chi connectivity index (χ1v) is 40.4. The van der Waals surface area contributed by atoms with Crippen LogP contribution in [-0.2, 0) is 19.1 Å². The lowest BCUT2D eigenvalue weighted by atomic mass is 10.0. The second-order valence-electron chi connectivity index (χ2n) is 27.1. The number of hydrogen-bond donors (Lipinski definition) is 1. The van der Waals surface area contributed by atoms with Crippen molar-refractivity contribution in [1.82, 2.24) is 0 Å². The van der Waals surface area contributed by atoms with Gasteiger partial charge in [-0.1, -0.05) is 406 Å². The van der Waals surface area contributed by atoms with Crippen LogP contribution in [0.25, 0.3) is 0 Å². The standard InChI is InChI=1S/C87H154O5/c1-3-5-7-9-11-13-15-17-19-21-23-25-27-29-31-33-35-37-39-41-43-45-47-49-51-53-55-57-59-61-63-65-67-69-71-73-75-77-79-81-86(89)91-84-85(83-88)92-87(90)82-80-78-76-74-72-70-68-66-64-62-60-58-56-54-52-50-48-46-44-42-40-38-36-34-32-30-28-26-24-22-20-18-16-14-12-10-8-6-4-2/h6,8,12,14-15,17-18,20-21,23-24,26,30,32,36,38,42,44,85,88H,3-5,7,9-11,13,16,19,22,25,27-29,31,33-35,37,39-41,43,45-84H2,1-2H3/b8-6-,14-12-,17-15-,20-18-,23-21-,26-24-,32-30-,38-36-,44-42-. The van der Waals surface area contributed by atoms with Crippen molar-refractivity contribution >= 4 is 11.9 Å². The molecular weight excluding hydrogens is 1120 g/mol. The summed E-state index contributed by atoms with van der Waals surface area (Å²) in [7, 11) is 0. The molecule has 0 saturated carbocycles. The summed E-state index contributed by atoms with van der Waals surface area (Å²) in [4.78, 5) is 24.7. The maximum atomic E-state index is 12.4. The van der Waals surface area contributed by atoms with Gasteiger partial charge in [-0.15, -0.1) is 0 Å². The molecule has 5 heteroatoms. The Balaban J connectivity index is 3.41. The predicted molar refractivity (Wildman–Crippen MR) is 408 cm³/mol. The van der Waals surface area contributed by atoms with Crippen LogP contribution in [0.15, 0.2) is 109 Å². The quantitative estimate of drug-likeness (QED) is 0.0373. The Hall–Kier alpha value is -3.44. The molecule has 0 aromatic rings. The third-order valence-electron chi connectivity index (χ3n) is 18.1. The van der Waals surface area contributed by atoms with Gasteiger partial charge in [0.15, 0.2) is 6.10 Å². The van der Waals surface area contributed by atoms with Gasteiger partial charge in [-0.25, -0.2) is 0 Å². The minimum absolute atomic E-state index is 0.0635. The highest BCUT2D eigenvalue weighted by Gasteiger charge is 2.16. The number of esters is 2. The molecule has 0 aliphatic carbocycles. The largest absolute Gasteiger partial charge is 0.462 e. The molecule has 0 radical (unpaired) electrons. The molecule has 0 spiro atoms. The van der Waals surface area contributed by atoms with Gasteiger partial charge in [0.05, 0.1) is 6.61 Å². The summed E-state index contributed by atoms with van der Waals surface area (Å²) in [6, 6.07) is 0. The van der Waals surface area contributed by atoms with Crippen LogP contribution in [0.3, 0.4) is 0 Å². The van der Waals surface area contributed by atoms with E-state index < -0.39 is 6.10 Å². The van der Waals surface area contributed by atoms with Gasteiger partial charge in [0.25, 0.3) is 0 Å². The van der Waals surface area contributed by atoms with Crippen molar-refractivity contribution in [3.05, 3.63) is 109 Å². The summed E-state index contributed by atoms with van der Waals surface area (Å²) in [6.45, 7) is 4.06. The van der Waals surface area contributed by atoms with Crippen molar-refractivity contribution in [2.45, 2.75) is 418 Å². The van der Waals surface area contributed by atoms with Gasteiger partial charge in [0, 0.05) is 12.8 Å². The average Bonchev–Trinajstić information content (AvgIpc) is 3.75. The Labute approximate surface area is 573 Å². The third-order valence-corrected chi connectivity index (χ3v) is 18.1. The Bertz CT molecular complexity index is 1740. The van der Waals surface area contributed by atoms with Crippen LogP contribution in [0.5, 0.6) is 0 Å². The fourth-order valence-electron chi connectivity index (χ4n) is 12.0. The molecule has 0 fully saturated rings. The van der Waals surface area contributed by atoms with Crippen LogP contribution in [0, 0.1) is 0 Å². The van der Waals surface area contributed by atoms with Crippen LogP contribution >= 0.6 is 0 Å². The molecular formula is C87H154O5. The molecule has 1 N–H and O–H groups in total. The molecule has 0 rings (SSSR count). The number of ether oxygens (including phenoxy) is 2. The first-order valence-electron chi connectivity index (χ1n) is 40.4. The summed E-state index contributed by atoms with van der Waals surface area (Å²) in [6.07, 6.45) is 119. The van der Waals surface area contributed by atoms with Crippen LogP contribution in [0.4, 0.5) is 0 Å². The van der Waals surface area contributed by atoms with Crippen molar-refractivity contribution in [3.63, 3.8) is 0 Å². The minimum atomic E-state index is -0.776. The minimum Gasteiger partial charge on any atom is -0.462 e. The molecule has 0 saturated heterocycles. The number of aliphatic hydroxyl groups excluding tert-OH is 1. The summed E-state index contributed by atoms with van der Waals surface area (Å²) in [5.74, 6) is -0.572. The first kappa shape index (κ1) is 88.6. The average molecular weight is 1280 g/mol. The highest BCUT2D eigenvalue weighted by Crippen LogP contribution is 2.19. The van der Waals surface area contributed by atoms with Gasteiger partial charge in [0.2, 0.25) is 0 Å². The van der Waals surface area contributed by atoms with Crippen LogP contribution < -0.4 is 0 Å². The molecule has 0 aromatic heterocycles. The lowest BCUT2D eigenvalue weighted by Crippen LogP contribution is -2.28. The van der Waals surface area contributed by atoms with Crippen molar-refractivity contribution in [2.24, 2.45) is 0 Å². The molecule has 5 nitrogen and oxygen atoms in total. The van der Waals surface area contributed by atoms with Crippen LogP contribution in [0.1, 0.15) is 412 Å². The third kappa shape index (κ3) is 79.0. The molecule has 0 aliphatic heterocycles. The molecule has 1 unspecified atom stereocenters. The van der Waals surface area contributed by atoms with E-state index in [1.165, 1.54) is 295 Å². The zero-order valence-electron chi connectivity index (χ0n) is 61.3. The van der Waals surface area contributed by atoms with Crippen LogP contribution in [-0.4, -0.2) is 36.4 Å². The predicted octanol–water partition coefficient (Wildman–Crippen LogP) is 28.7. The monoisotopic (exact) mass is 1280 g/mol. The Morgan fingerprint density at radius 1 is 0.261 bits per heavy atom. The highest BCUT2D eigenvalue weighted by molar-refractivity contribution is 5.70. The molecule has 0 aromatic carbocycles. The van der Waals surface area contributed by atoms with Crippen molar-refractivity contribution in [2.75, 3.05) is 13.2 Å². The van der Waals surface area contributed by atoms with E-state index in [9.17, 15) is 14.7 Å². The number of carbonyl (C=O) groups excluding carboxylic acids is 2. The zero-order valence-corrected chi connectivity index (χ0v) is 61.3. The van der Waals surface area contributed by atoms with E-state index >= 15 is 0 Å². The molecule has 92 heavy (non-hydrogen) atoms. The van der Waals surface area contributed by atoms with Gasteiger partial charge in [-0.2, -0.15) is 0 Å². The fourth-order valence-corrected chi connectivity index (χ4v) is 12.0.